The maximum absolute atomic E-state index is 14.1. The van der Waals surface area contributed by atoms with E-state index in [1.165, 1.54) is 76.3 Å². The van der Waals surface area contributed by atoms with Crippen LogP contribution in [0.4, 0.5) is 10.5 Å². The number of aromatic nitrogens is 3. The molecule has 2 N–H and O–H groups in total. The fourth-order valence-corrected chi connectivity index (χ4v) is 10.2. The summed E-state index contributed by atoms with van der Waals surface area (Å²) in [6.45, 7) is 24.6. The third-order valence-corrected chi connectivity index (χ3v) is 13.8. The van der Waals surface area contributed by atoms with Crippen molar-refractivity contribution < 1.29 is 23.9 Å². The van der Waals surface area contributed by atoms with Gasteiger partial charge in [-0.2, -0.15) is 0 Å². The summed E-state index contributed by atoms with van der Waals surface area (Å²) >= 11 is 1.46. The number of aryl methyl sites for hydroxylation is 1. The van der Waals surface area contributed by atoms with Crippen LogP contribution in [0.1, 0.15) is 117 Å². The average molecular weight is 869 g/mol. The molecule has 6 heterocycles. The van der Waals surface area contributed by atoms with E-state index in [1.54, 1.807) is 20.8 Å². The number of esters is 1. The number of thiazole rings is 1. The molecule has 3 aromatic heterocycles. The predicted molar refractivity (Wildman–Crippen MR) is 247 cm³/mol. The zero-order chi connectivity index (χ0) is 44.5. The van der Waals surface area contributed by atoms with Crippen LogP contribution in [0.25, 0.3) is 33.4 Å². The third-order valence-electron chi connectivity index (χ3n) is 12.9. The second kappa shape index (κ2) is 18.7. The van der Waals surface area contributed by atoms with Gasteiger partial charge in [0.1, 0.15) is 17.7 Å². The van der Waals surface area contributed by atoms with Gasteiger partial charge in [-0.05, 0) is 101 Å². The smallest absolute Gasteiger partial charge is 0.408 e. The summed E-state index contributed by atoms with van der Waals surface area (Å²) in [6.07, 6.45) is 7.20. The Morgan fingerprint density at radius 3 is 2.50 bits per heavy atom. The minimum Gasteiger partial charge on any atom is -0.468 e. The van der Waals surface area contributed by atoms with Crippen molar-refractivity contribution in [3.8, 4) is 22.5 Å². The lowest BCUT2D eigenvalue weighted by Gasteiger charge is -2.39. The first-order valence-electron chi connectivity index (χ1n) is 22.7. The van der Waals surface area contributed by atoms with E-state index in [0.717, 1.165) is 56.0 Å². The van der Waals surface area contributed by atoms with Crippen molar-refractivity contribution in [1.29, 1.82) is 0 Å². The van der Waals surface area contributed by atoms with E-state index in [1.807, 2.05) is 5.38 Å². The molecule has 0 aliphatic carbocycles. The number of rotatable bonds is 13. The van der Waals surface area contributed by atoms with Crippen LogP contribution in [0.3, 0.4) is 0 Å². The molecule has 336 valence electrons. The van der Waals surface area contributed by atoms with Gasteiger partial charge in [-0.15, -0.1) is 11.3 Å². The first kappa shape index (κ1) is 45.5. The van der Waals surface area contributed by atoms with Crippen LogP contribution in [0.15, 0.2) is 35.8 Å². The topological polar surface area (TPSA) is 134 Å². The van der Waals surface area contributed by atoms with Crippen LogP contribution < -0.4 is 15.6 Å². The number of alkyl carbamates (subject to hydrolysis) is 1. The summed E-state index contributed by atoms with van der Waals surface area (Å²) < 4.78 is 13.0. The summed E-state index contributed by atoms with van der Waals surface area (Å²) in [5.74, 6) is -0.572. The quantitative estimate of drug-likeness (QED) is 0.126. The number of hydrazine groups is 1. The van der Waals surface area contributed by atoms with Crippen LogP contribution >= 0.6 is 11.3 Å². The Hall–Kier alpha value is -4.53. The molecule has 0 unspecified atom stereocenters. The Bertz CT molecular complexity index is 2260. The third kappa shape index (κ3) is 9.97. The maximum atomic E-state index is 14.1. The molecule has 3 aliphatic heterocycles. The molecule has 1 aromatic carbocycles. The standard InChI is InChI=1S/C48H68N8O5S/c1-11-48(8,9)26-36-34-23-31(39-29-62-41(50-39)25-38(51-46(59)61-47(5,6)7)44(57)56-20-14-16-37(52-56)45(58)60-10)17-18-40(34)55(12-2)43(36)35-24-33(27-49-42(35)30(3)4)54-22-21-53-19-13-15-32(53)28-54/h17-18,23-24,27,29-30,32,37-38,52H,11-16,19-22,25-26,28H2,1-10H3,(H,51,59)/t32-,37+,38+/m1/s1. The van der Waals surface area contributed by atoms with Gasteiger partial charge < -0.3 is 24.3 Å². The molecule has 0 saturated carbocycles. The Balaban J connectivity index is 1.25. The molecule has 0 bridgehead atoms. The maximum Gasteiger partial charge on any atom is 0.408 e. The summed E-state index contributed by atoms with van der Waals surface area (Å²) in [7, 11) is 1.33. The lowest BCUT2D eigenvalue weighted by atomic mass is 9.81. The van der Waals surface area contributed by atoms with Crippen LogP contribution in [0.2, 0.25) is 0 Å². The summed E-state index contributed by atoms with van der Waals surface area (Å²) in [5, 5.41) is 8.16. The van der Waals surface area contributed by atoms with Crippen molar-refractivity contribution in [1.82, 2.24) is 35.2 Å². The van der Waals surface area contributed by atoms with Crippen LogP contribution in [0, 0.1) is 5.41 Å². The van der Waals surface area contributed by atoms with Gasteiger partial charge in [0.15, 0.2) is 0 Å². The number of piperazine rings is 1. The zero-order valence-electron chi connectivity index (χ0n) is 38.6. The molecule has 14 heteroatoms. The SMILES string of the molecule is CCn1c(-c2cc(N3CCN4CCC[C@@H]4C3)cnc2C(C)C)c(CC(C)(C)CC)c2cc(-c3csc(C[C@H](NC(=O)OC(C)(C)C)C(=O)N4CCC[C@@H](C(=O)OC)N4)n3)ccc21. The van der Waals surface area contributed by atoms with Gasteiger partial charge in [-0.1, -0.05) is 47.1 Å². The summed E-state index contributed by atoms with van der Waals surface area (Å²) in [6, 6.07) is 8.09. The van der Waals surface area contributed by atoms with E-state index in [4.69, 9.17) is 19.4 Å². The Morgan fingerprint density at radius 1 is 1.02 bits per heavy atom. The molecule has 4 aromatic rings. The first-order chi connectivity index (χ1) is 29.5. The molecule has 3 aliphatic rings. The van der Waals surface area contributed by atoms with Crippen molar-refractivity contribution in [2.75, 3.05) is 44.7 Å². The number of anilines is 1. The van der Waals surface area contributed by atoms with Crippen LogP contribution in [-0.2, 0) is 38.4 Å². The number of hydrogen-bond acceptors (Lipinski definition) is 11. The van der Waals surface area contributed by atoms with Gasteiger partial charge in [0.25, 0.3) is 5.91 Å². The Labute approximate surface area is 371 Å². The summed E-state index contributed by atoms with van der Waals surface area (Å²) in [5.41, 5.74) is 11.4. The largest absolute Gasteiger partial charge is 0.468 e. The zero-order valence-corrected chi connectivity index (χ0v) is 39.4. The van der Waals surface area contributed by atoms with Gasteiger partial charge in [-0.25, -0.2) is 15.2 Å². The number of benzene rings is 1. The fourth-order valence-electron chi connectivity index (χ4n) is 9.32. The fraction of sp³-hybridized carbons (Fsp3) is 0.604. The van der Waals surface area contributed by atoms with E-state index >= 15 is 0 Å². The lowest BCUT2D eigenvalue weighted by Crippen LogP contribution is -2.60. The second-order valence-corrected chi connectivity index (χ2v) is 20.4. The molecule has 0 radical (unpaired) electrons. The van der Waals surface area contributed by atoms with Gasteiger partial charge in [-0.3, -0.25) is 24.5 Å². The van der Waals surface area contributed by atoms with Crippen LogP contribution in [0.5, 0.6) is 0 Å². The average Bonchev–Trinajstić information content (AvgIpc) is 3.99. The summed E-state index contributed by atoms with van der Waals surface area (Å²) in [4.78, 5) is 55.1. The molecule has 62 heavy (non-hydrogen) atoms. The molecule has 3 fully saturated rings. The molecule has 2 amide bonds. The van der Waals surface area contributed by atoms with Gasteiger partial charge in [0.2, 0.25) is 0 Å². The number of carbonyl (C=O) groups is 3. The highest BCUT2D eigenvalue weighted by Gasteiger charge is 2.35. The molecule has 13 nitrogen and oxygen atoms in total. The van der Waals surface area contributed by atoms with E-state index in [-0.39, 0.29) is 23.7 Å². The van der Waals surface area contributed by atoms with Gasteiger partial charge in [0, 0.05) is 72.6 Å². The number of nitrogens with one attached hydrogen (secondary N) is 2. The molecule has 3 atom stereocenters. The van der Waals surface area contributed by atoms with Crippen molar-refractivity contribution in [3.63, 3.8) is 0 Å². The number of fused-ring (bicyclic) bond motifs is 2. The van der Waals surface area contributed by atoms with E-state index < -0.39 is 29.7 Å². The van der Waals surface area contributed by atoms with Crippen molar-refractivity contribution >= 4 is 45.9 Å². The molecule has 0 spiro atoms. The Morgan fingerprint density at radius 2 is 1.79 bits per heavy atom. The minimum absolute atomic E-state index is 0.0516. The second-order valence-electron chi connectivity index (χ2n) is 19.4. The van der Waals surface area contributed by atoms with Crippen molar-refractivity contribution in [2.24, 2.45) is 5.41 Å². The predicted octanol–water partition coefficient (Wildman–Crippen LogP) is 8.34. The number of amides is 2. The molecule has 3 saturated heterocycles. The molecular formula is C48H68N8O5S. The van der Waals surface area contributed by atoms with E-state index in [0.29, 0.717) is 30.4 Å². The number of nitrogens with zero attached hydrogens (tertiary/aromatic N) is 6. The number of pyridine rings is 1. The van der Waals surface area contributed by atoms with Gasteiger partial charge in [0.05, 0.1) is 41.1 Å². The minimum atomic E-state index is -0.985. The molecular weight excluding hydrogens is 801 g/mol. The lowest BCUT2D eigenvalue weighted by molar-refractivity contribution is -0.150. The number of carbonyl (C=O) groups excluding carboxylic acids is 3. The highest BCUT2D eigenvalue weighted by molar-refractivity contribution is 7.10. The highest BCUT2D eigenvalue weighted by atomic mass is 32.1. The van der Waals surface area contributed by atoms with Gasteiger partial charge >= 0.3 is 12.1 Å². The van der Waals surface area contributed by atoms with E-state index in [2.05, 4.69) is 97.1 Å². The number of ether oxygens (including phenoxy) is 2. The number of hydrogen-bond donors (Lipinski definition) is 2. The Kier molecular flexibility index (Phi) is 13.7. The number of methoxy groups -OCH3 is 1. The first-order valence-corrected chi connectivity index (χ1v) is 23.6. The monoisotopic (exact) mass is 869 g/mol. The normalized spacial score (nSPS) is 19.2. The molecule has 7 rings (SSSR count). The van der Waals surface area contributed by atoms with Crippen molar-refractivity contribution in [2.45, 2.75) is 143 Å². The highest BCUT2D eigenvalue weighted by Crippen LogP contribution is 2.43. The van der Waals surface area contributed by atoms with E-state index in [9.17, 15) is 14.4 Å². The van der Waals surface area contributed by atoms with Crippen LogP contribution in [-0.4, -0.2) is 106 Å². The van der Waals surface area contributed by atoms with Crippen molar-refractivity contribution in [3.05, 3.63) is 52.1 Å².